The van der Waals surface area contributed by atoms with Gasteiger partial charge in [0.15, 0.2) is 0 Å². The van der Waals surface area contributed by atoms with Crippen LogP contribution < -0.4 is 10.5 Å². The van der Waals surface area contributed by atoms with Gasteiger partial charge >= 0.3 is 0 Å². The molecule has 2 N–H and O–H groups in total. The fraction of sp³-hybridized carbons (Fsp3) is 0.133. The summed E-state index contributed by atoms with van der Waals surface area (Å²) in [5.41, 5.74) is 6.93. The molecule has 2 rings (SSSR count). The zero-order valence-electron chi connectivity index (χ0n) is 10.7. The smallest absolute Gasteiger partial charge is 0.119 e. The van der Waals surface area contributed by atoms with Crippen LogP contribution in [0.3, 0.4) is 0 Å². The number of rotatable bonds is 5. The van der Waals surface area contributed by atoms with Crippen molar-refractivity contribution in [3.8, 4) is 11.8 Å². The highest BCUT2D eigenvalue weighted by atomic mass is 35.5. The quantitative estimate of drug-likeness (QED) is 0.516. The molecule has 0 aromatic heterocycles. The molecule has 0 atom stereocenters. The number of halogens is 1. The summed E-state index contributed by atoms with van der Waals surface area (Å²) in [6, 6.07) is 14.6. The molecule has 0 spiro atoms. The number of ether oxygens (including phenoxy) is 1. The predicted molar refractivity (Wildman–Crippen MR) is 83.2 cm³/mol. The Morgan fingerprint density at radius 3 is 2.60 bits per heavy atom. The molecular weight excluding hydrogens is 292 g/mol. The molecule has 3 nitrogen and oxygen atoms in total. The average Bonchev–Trinajstić information content (AvgIpc) is 2.46. The van der Waals surface area contributed by atoms with Crippen LogP contribution in [0.25, 0.3) is 0 Å². The normalized spacial score (nSPS) is 10.0. The van der Waals surface area contributed by atoms with Gasteiger partial charge in [-0.05, 0) is 42.5 Å². The van der Waals surface area contributed by atoms with Crippen LogP contribution in [-0.2, 0) is 0 Å². The van der Waals surface area contributed by atoms with Gasteiger partial charge in [-0.3, -0.25) is 0 Å². The molecule has 0 aliphatic heterocycles. The zero-order valence-corrected chi connectivity index (χ0v) is 12.2. The van der Waals surface area contributed by atoms with Gasteiger partial charge in [-0.15, -0.1) is 11.8 Å². The van der Waals surface area contributed by atoms with E-state index in [0.717, 1.165) is 16.4 Å². The maximum absolute atomic E-state index is 8.70. The second kappa shape index (κ2) is 7.09. The molecule has 0 amide bonds. The van der Waals surface area contributed by atoms with Gasteiger partial charge in [-0.25, -0.2) is 0 Å². The first-order chi connectivity index (χ1) is 9.69. The first-order valence-corrected chi connectivity index (χ1v) is 7.36. The monoisotopic (exact) mass is 304 g/mol. The molecule has 2 aromatic rings. The zero-order chi connectivity index (χ0) is 14.4. The predicted octanol–water partition coefficient (Wildman–Crippen LogP) is 3.96. The Morgan fingerprint density at radius 1 is 1.20 bits per heavy atom. The van der Waals surface area contributed by atoms with E-state index < -0.39 is 0 Å². The van der Waals surface area contributed by atoms with Crippen LogP contribution in [0.5, 0.6) is 5.75 Å². The number of thioether (sulfide) groups is 1. The summed E-state index contributed by atoms with van der Waals surface area (Å²) in [4.78, 5) is 0.990. The van der Waals surface area contributed by atoms with Gasteiger partial charge in [0.25, 0.3) is 0 Å². The van der Waals surface area contributed by atoms with Gasteiger partial charge in [0.1, 0.15) is 5.75 Å². The number of anilines is 1. The van der Waals surface area contributed by atoms with Crippen LogP contribution in [0, 0.1) is 11.3 Å². The van der Waals surface area contributed by atoms with Crippen molar-refractivity contribution in [1.82, 2.24) is 0 Å². The molecule has 0 bridgehead atoms. The molecule has 0 unspecified atom stereocenters. The Kier molecular flexibility index (Phi) is 5.16. The second-order valence-electron chi connectivity index (χ2n) is 4.02. The van der Waals surface area contributed by atoms with E-state index in [4.69, 9.17) is 27.3 Å². The summed E-state index contributed by atoms with van der Waals surface area (Å²) in [6.45, 7) is 0.567. The highest BCUT2D eigenvalue weighted by Crippen LogP contribution is 2.28. The van der Waals surface area contributed by atoms with Gasteiger partial charge in [0.05, 0.1) is 23.3 Å². The second-order valence-corrected chi connectivity index (χ2v) is 5.57. The number of benzene rings is 2. The molecule has 0 saturated heterocycles. The number of nitriles is 1. The van der Waals surface area contributed by atoms with E-state index in [9.17, 15) is 0 Å². The van der Waals surface area contributed by atoms with Crippen molar-refractivity contribution in [2.45, 2.75) is 4.90 Å². The van der Waals surface area contributed by atoms with E-state index in [2.05, 4.69) is 6.07 Å². The highest BCUT2D eigenvalue weighted by Gasteiger charge is 2.02. The molecule has 0 aliphatic rings. The van der Waals surface area contributed by atoms with E-state index in [1.54, 1.807) is 42.1 Å². The summed E-state index contributed by atoms with van der Waals surface area (Å²) in [5.74, 6) is 1.54. The first-order valence-electron chi connectivity index (χ1n) is 6.00. The highest BCUT2D eigenvalue weighted by molar-refractivity contribution is 7.99. The van der Waals surface area contributed by atoms with Crippen molar-refractivity contribution in [3.05, 3.63) is 53.1 Å². The third-order valence-corrected chi connectivity index (χ3v) is 4.01. The molecule has 5 heteroatoms. The molecule has 20 heavy (non-hydrogen) atoms. The topological polar surface area (TPSA) is 59.0 Å². The first kappa shape index (κ1) is 14.6. The lowest BCUT2D eigenvalue weighted by molar-refractivity contribution is 0.344. The van der Waals surface area contributed by atoms with Crippen molar-refractivity contribution in [3.63, 3.8) is 0 Å². The number of hydrogen-bond acceptors (Lipinski definition) is 4. The van der Waals surface area contributed by atoms with Crippen LogP contribution in [-0.4, -0.2) is 12.4 Å². The molecule has 0 radical (unpaired) electrons. The van der Waals surface area contributed by atoms with Crippen LogP contribution in [0.1, 0.15) is 5.56 Å². The molecule has 2 aromatic carbocycles. The maximum atomic E-state index is 8.70. The summed E-state index contributed by atoms with van der Waals surface area (Å²) in [5, 5.41) is 9.36. The average molecular weight is 305 g/mol. The Balaban J connectivity index is 1.80. The summed E-state index contributed by atoms with van der Waals surface area (Å²) in [6.07, 6.45) is 0. The Bertz CT molecular complexity index is 623. The third kappa shape index (κ3) is 4.09. The van der Waals surface area contributed by atoms with E-state index >= 15 is 0 Å². The van der Waals surface area contributed by atoms with Gasteiger partial charge in [0, 0.05) is 16.3 Å². The summed E-state index contributed by atoms with van der Waals surface area (Å²) >= 11 is 7.70. The third-order valence-electron chi connectivity index (χ3n) is 2.55. The van der Waals surface area contributed by atoms with E-state index in [1.807, 2.05) is 12.1 Å². The van der Waals surface area contributed by atoms with Gasteiger partial charge in [-0.1, -0.05) is 11.6 Å². The number of nitrogens with two attached hydrogens (primary N) is 1. The van der Waals surface area contributed by atoms with Crippen LogP contribution in [0.2, 0.25) is 5.02 Å². The molecule has 102 valence electrons. The van der Waals surface area contributed by atoms with E-state index in [0.29, 0.717) is 22.9 Å². The Morgan fingerprint density at radius 2 is 1.95 bits per heavy atom. The van der Waals surface area contributed by atoms with Crippen LogP contribution in [0.15, 0.2) is 47.4 Å². The lowest BCUT2D eigenvalue weighted by Gasteiger charge is -2.07. The molecular formula is C15H13ClN2OS. The van der Waals surface area contributed by atoms with Crippen molar-refractivity contribution < 1.29 is 4.74 Å². The minimum atomic E-state index is 0.567. The largest absolute Gasteiger partial charge is 0.493 e. The van der Waals surface area contributed by atoms with Gasteiger partial charge < -0.3 is 10.5 Å². The molecule has 0 fully saturated rings. The number of hydrogen-bond donors (Lipinski definition) is 1. The molecule has 0 aliphatic carbocycles. The SMILES string of the molecule is N#Cc1ccc(OCCSc2ccc(N)cc2Cl)cc1. The number of nitrogens with zero attached hydrogens (tertiary/aromatic N) is 1. The van der Waals surface area contributed by atoms with Crippen molar-refractivity contribution in [1.29, 1.82) is 5.26 Å². The maximum Gasteiger partial charge on any atom is 0.119 e. The van der Waals surface area contributed by atoms with Crippen molar-refractivity contribution >= 4 is 29.1 Å². The minimum absolute atomic E-state index is 0.567. The minimum Gasteiger partial charge on any atom is -0.493 e. The molecule has 0 heterocycles. The van der Waals surface area contributed by atoms with Crippen LogP contribution >= 0.6 is 23.4 Å². The lowest BCUT2D eigenvalue weighted by atomic mass is 10.2. The Labute approximate surface area is 127 Å². The Hall–Kier alpha value is -1.83. The van der Waals surface area contributed by atoms with E-state index in [-0.39, 0.29) is 0 Å². The van der Waals surface area contributed by atoms with E-state index in [1.165, 1.54) is 0 Å². The summed E-state index contributed by atoms with van der Waals surface area (Å²) < 4.78 is 5.59. The lowest BCUT2D eigenvalue weighted by Crippen LogP contribution is -2.00. The summed E-state index contributed by atoms with van der Waals surface area (Å²) in [7, 11) is 0. The number of nitrogen functional groups attached to an aromatic ring is 1. The van der Waals surface area contributed by atoms with Gasteiger partial charge in [0.2, 0.25) is 0 Å². The fourth-order valence-electron chi connectivity index (χ4n) is 1.57. The van der Waals surface area contributed by atoms with Crippen molar-refractivity contribution in [2.75, 3.05) is 18.1 Å². The standard InChI is InChI=1S/C15H13ClN2OS/c16-14-9-12(18)3-6-15(14)20-8-7-19-13-4-1-11(10-17)2-5-13/h1-6,9H,7-8,18H2. The fourth-order valence-corrected chi connectivity index (χ4v) is 2.67. The van der Waals surface area contributed by atoms with Crippen molar-refractivity contribution in [2.24, 2.45) is 0 Å². The molecule has 0 saturated carbocycles. The van der Waals surface area contributed by atoms with Crippen LogP contribution in [0.4, 0.5) is 5.69 Å². The van der Waals surface area contributed by atoms with Gasteiger partial charge in [-0.2, -0.15) is 5.26 Å².